The molecule has 0 radical (unpaired) electrons. The maximum Gasteiger partial charge on any atom is 0.213 e. The number of aliphatic imine (C=N–C) groups is 1. The van der Waals surface area contributed by atoms with Crippen LogP contribution in [0, 0.1) is 19.8 Å². The Bertz CT molecular complexity index is 739. The number of nitrogens with zero attached hydrogens (tertiary/aromatic N) is 3. The van der Waals surface area contributed by atoms with Crippen molar-refractivity contribution in [2.75, 3.05) is 13.7 Å². The number of pyridine rings is 1. The molecule has 0 aliphatic heterocycles. The number of hydrogen-bond donors (Lipinski definition) is 2. The summed E-state index contributed by atoms with van der Waals surface area (Å²) in [4.78, 5) is 14.2. The van der Waals surface area contributed by atoms with E-state index in [2.05, 4.69) is 25.6 Å². The lowest BCUT2D eigenvalue weighted by Gasteiger charge is -2.12. The molecule has 1 saturated carbocycles. The molecule has 0 bridgehead atoms. The second-order valence-electron chi connectivity index (χ2n) is 6.28. The minimum Gasteiger partial charge on any atom is -0.477 e. The average molecular weight is 359 g/mol. The fourth-order valence-corrected chi connectivity index (χ4v) is 3.31. The summed E-state index contributed by atoms with van der Waals surface area (Å²) in [5.41, 5.74) is 2.20. The molecule has 6 nitrogen and oxygen atoms in total. The van der Waals surface area contributed by atoms with Gasteiger partial charge in [0.25, 0.3) is 0 Å². The summed E-state index contributed by atoms with van der Waals surface area (Å²) in [6, 6.07) is 3.97. The summed E-state index contributed by atoms with van der Waals surface area (Å²) in [6.45, 7) is 6.24. The van der Waals surface area contributed by atoms with Crippen molar-refractivity contribution < 1.29 is 4.74 Å². The first-order valence-corrected chi connectivity index (χ1v) is 9.41. The van der Waals surface area contributed by atoms with E-state index >= 15 is 0 Å². The van der Waals surface area contributed by atoms with E-state index in [1.807, 2.05) is 26.0 Å². The van der Waals surface area contributed by atoms with Crippen LogP contribution in [0.2, 0.25) is 0 Å². The first kappa shape index (κ1) is 17.7. The summed E-state index contributed by atoms with van der Waals surface area (Å²) in [6.07, 6.45) is 4.35. The molecular weight excluding hydrogens is 334 g/mol. The average Bonchev–Trinajstić information content (AvgIpc) is 3.38. The standard InChI is InChI=1S/C18H25N5OS/c1-12-16(25-13(2)23-12)10-22-18(19-3)21-9-15-6-7-20-17(8-15)24-11-14-4-5-14/h6-8,14H,4-5,9-11H2,1-3H3,(H2,19,21,22). The third kappa shape index (κ3) is 5.42. The smallest absolute Gasteiger partial charge is 0.213 e. The van der Waals surface area contributed by atoms with Gasteiger partial charge in [-0.25, -0.2) is 9.97 Å². The maximum absolute atomic E-state index is 5.73. The number of hydrogen-bond acceptors (Lipinski definition) is 5. The molecule has 2 N–H and O–H groups in total. The molecule has 2 aromatic heterocycles. The summed E-state index contributed by atoms with van der Waals surface area (Å²) < 4.78 is 5.73. The van der Waals surface area contributed by atoms with Crippen LogP contribution < -0.4 is 15.4 Å². The molecule has 25 heavy (non-hydrogen) atoms. The van der Waals surface area contributed by atoms with Gasteiger partial charge >= 0.3 is 0 Å². The van der Waals surface area contributed by atoms with Gasteiger partial charge in [-0.3, -0.25) is 4.99 Å². The van der Waals surface area contributed by atoms with Crippen LogP contribution in [0.4, 0.5) is 0 Å². The van der Waals surface area contributed by atoms with E-state index in [1.165, 1.54) is 17.7 Å². The Morgan fingerprint density at radius 1 is 1.32 bits per heavy atom. The van der Waals surface area contributed by atoms with Crippen LogP contribution in [-0.4, -0.2) is 29.6 Å². The van der Waals surface area contributed by atoms with Crippen molar-refractivity contribution in [3.8, 4) is 5.88 Å². The molecule has 134 valence electrons. The molecule has 7 heteroatoms. The maximum atomic E-state index is 5.73. The second-order valence-corrected chi connectivity index (χ2v) is 7.57. The third-order valence-electron chi connectivity index (χ3n) is 4.06. The Labute approximate surface area is 152 Å². The number of guanidine groups is 1. The molecule has 3 rings (SSSR count). The van der Waals surface area contributed by atoms with Gasteiger partial charge in [0, 0.05) is 30.7 Å². The van der Waals surface area contributed by atoms with Gasteiger partial charge in [0.15, 0.2) is 5.96 Å². The summed E-state index contributed by atoms with van der Waals surface area (Å²) in [5.74, 6) is 2.19. The zero-order valence-corrected chi connectivity index (χ0v) is 15.8. The Kier molecular flexibility index (Phi) is 5.86. The molecule has 2 heterocycles. The number of thiazole rings is 1. The number of rotatable bonds is 7. The molecule has 0 atom stereocenters. The van der Waals surface area contributed by atoms with E-state index in [-0.39, 0.29) is 0 Å². The third-order valence-corrected chi connectivity index (χ3v) is 5.14. The zero-order valence-electron chi connectivity index (χ0n) is 15.0. The van der Waals surface area contributed by atoms with E-state index in [0.717, 1.165) is 41.3 Å². The number of ether oxygens (including phenoxy) is 1. The number of nitrogens with one attached hydrogen (secondary N) is 2. The SMILES string of the molecule is CN=C(NCc1ccnc(OCC2CC2)c1)NCc1sc(C)nc1C. The van der Waals surface area contributed by atoms with Crippen LogP contribution in [0.1, 0.15) is 34.0 Å². The number of aromatic nitrogens is 2. The molecule has 0 unspecified atom stereocenters. The Hall–Kier alpha value is -2.15. The molecule has 0 aromatic carbocycles. The van der Waals surface area contributed by atoms with Crippen molar-refractivity contribution in [3.63, 3.8) is 0 Å². The normalized spacial score (nSPS) is 14.4. The Balaban J connectivity index is 1.48. The Morgan fingerprint density at radius 3 is 2.80 bits per heavy atom. The largest absolute Gasteiger partial charge is 0.477 e. The lowest BCUT2D eigenvalue weighted by atomic mass is 10.2. The van der Waals surface area contributed by atoms with Crippen LogP contribution in [0.15, 0.2) is 23.3 Å². The van der Waals surface area contributed by atoms with Crippen molar-refractivity contribution in [2.24, 2.45) is 10.9 Å². The number of aryl methyl sites for hydroxylation is 2. The van der Waals surface area contributed by atoms with Gasteiger partial charge in [-0.15, -0.1) is 11.3 Å². The summed E-state index contributed by atoms with van der Waals surface area (Å²) >= 11 is 1.71. The van der Waals surface area contributed by atoms with Gasteiger partial charge < -0.3 is 15.4 Å². The van der Waals surface area contributed by atoms with Crippen LogP contribution in [0.5, 0.6) is 5.88 Å². The molecule has 0 spiro atoms. The van der Waals surface area contributed by atoms with Crippen LogP contribution in [-0.2, 0) is 13.1 Å². The minimum atomic E-state index is 0.669. The van der Waals surface area contributed by atoms with Gasteiger partial charge in [-0.1, -0.05) is 0 Å². The quantitative estimate of drug-likeness (QED) is 0.587. The second kappa shape index (κ2) is 8.29. The highest BCUT2D eigenvalue weighted by molar-refractivity contribution is 7.11. The highest BCUT2D eigenvalue weighted by Gasteiger charge is 2.22. The van der Waals surface area contributed by atoms with Gasteiger partial charge in [-0.05, 0) is 44.2 Å². The van der Waals surface area contributed by atoms with Crippen molar-refractivity contribution in [1.29, 1.82) is 0 Å². The lowest BCUT2D eigenvalue weighted by Crippen LogP contribution is -2.36. The highest BCUT2D eigenvalue weighted by atomic mass is 32.1. The molecular formula is C18H25N5OS. The van der Waals surface area contributed by atoms with Gasteiger partial charge in [0.05, 0.1) is 23.9 Å². The van der Waals surface area contributed by atoms with E-state index in [4.69, 9.17) is 4.74 Å². The highest BCUT2D eigenvalue weighted by Crippen LogP contribution is 2.29. The first-order valence-electron chi connectivity index (χ1n) is 8.59. The van der Waals surface area contributed by atoms with E-state index < -0.39 is 0 Å². The summed E-state index contributed by atoms with van der Waals surface area (Å²) in [5, 5.41) is 7.75. The molecule has 1 aliphatic carbocycles. The topological polar surface area (TPSA) is 71.4 Å². The minimum absolute atomic E-state index is 0.669. The zero-order chi connectivity index (χ0) is 17.6. The fraction of sp³-hybridized carbons (Fsp3) is 0.500. The van der Waals surface area contributed by atoms with Crippen molar-refractivity contribution in [1.82, 2.24) is 20.6 Å². The van der Waals surface area contributed by atoms with E-state index in [1.54, 1.807) is 24.6 Å². The van der Waals surface area contributed by atoms with Gasteiger partial charge in [-0.2, -0.15) is 0 Å². The predicted molar refractivity (Wildman–Crippen MR) is 101 cm³/mol. The van der Waals surface area contributed by atoms with Crippen molar-refractivity contribution >= 4 is 17.3 Å². The molecule has 0 saturated heterocycles. The van der Waals surface area contributed by atoms with Crippen LogP contribution >= 0.6 is 11.3 Å². The molecule has 0 amide bonds. The summed E-state index contributed by atoms with van der Waals surface area (Å²) in [7, 11) is 1.77. The van der Waals surface area contributed by atoms with E-state index in [0.29, 0.717) is 12.4 Å². The molecule has 1 aliphatic rings. The fourth-order valence-electron chi connectivity index (χ4n) is 2.43. The monoisotopic (exact) mass is 359 g/mol. The van der Waals surface area contributed by atoms with Crippen molar-refractivity contribution in [3.05, 3.63) is 39.5 Å². The van der Waals surface area contributed by atoms with Crippen LogP contribution in [0.3, 0.4) is 0 Å². The van der Waals surface area contributed by atoms with Gasteiger partial charge in [0.1, 0.15) is 0 Å². The lowest BCUT2D eigenvalue weighted by molar-refractivity contribution is 0.288. The first-order chi connectivity index (χ1) is 12.1. The molecule has 2 aromatic rings. The van der Waals surface area contributed by atoms with Gasteiger partial charge in [0.2, 0.25) is 5.88 Å². The Morgan fingerprint density at radius 2 is 2.12 bits per heavy atom. The van der Waals surface area contributed by atoms with Crippen LogP contribution in [0.25, 0.3) is 0 Å². The van der Waals surface area contributed by atoms with E-state index in [9.17, 15) is 0 Å². The van der Waals surface area contributed by atoms with Crippen molar-refractivity contribution in [2.45, 2.75) is 39.8 Å². The molecule has 1 fully saturated rings. The predicted octanol–water partition coefficient (Wildman–Crippen LogP) is 2.81.